The zero-order valence-electron chi connectivity index (χ0n) is 15.5. The lowest BCUT2D eigenvalue weighted by molar-refractivity contribution is -0.144. The molecule has 1 fully saturated rings. The van der Waals surface area contributed by atoms with Crippen LogP contribution in [0.3, 0.4) is 0 Å². The number of carbonyl (C=O) groups is 3. The summed E-state index contributed by atoms with van der Waals surface area (Å²) < 4.78 is 5.12. The molecule has 3 amide bonds. The van der Waals surface area contributed by atoms with Gasteiger partial charge in [-0.3, -0.25) is 14.4 Å². The van der Waals surface area contributed by atoms with Gasteiger partial charge in [0.05, 0.1) is 6.26 Å². The Morgan fingerprint density at radius 2 is 1.55 bits per heavy atom. The van der Waals surface area contributed by atoms with Gasteiger partial charge in [0.15, 0.2) is 5.76 Å². The van der Waals surface area contributed by atoms with Crippen LogP contribution >= 0.6 is 0 Å². The van der Waals surface area contributed by atoms with Crippen molar-refractivity contribution in [3.63, 3.8) is 0 Å². The molecule has 3 aromatic rings. The zero-order valence-corrected chi connectivity index (χ0v) is 15.5. The Kier molecular flexibility index (Phi) is 4.90. The highest BCUT2D eigenvalue weighted by molar-refractivity contribution is 6.40. The second-order valence-electron chi connectivity index (χ2n) is 6.69. The van der Waals surface area contributed by atoms with E-state index in [4.69, 9.17) is 4.42 Å². The molecule has 1 aliphatic rings. The third-order valence-electron chi connectivity index (χ3n) is 4.93. The molecular weight excluding hydrogens is 374 g/mol. The fraction of sp³-hybridized carbons (Fsp3) is 0.190. The number of phenols is 1. The molecule has 2 heterocycles. The number of amides is 3. The smallest absolute Gasteiger partial charge is 0.313 e. The van der Waals surface area contributed by atoms with Crippen molar-refractivity contribution in [1.82, 2.24) is 9.80 Å². The Balaban J connectivity index is 1.40. The summed E-state index contributed by atoms with van der Waals surface area (Å²) in [6.45, 7) is 1.16. The quantitative estimate of drug-likeness (QED) is 0.649. The highest BCUT2D eigenvalue weighted by Gasteiger charge is 2.29. The highest BCUT2D eigenvalue weighted by Crippen LogP contribution is 2.29. The molecular formula is C21H19N3O5. The SMILES string of the molecule is O=C(Nc1cccc2c(O)cccc12)C(=O)N1CCN(C(=O)c2ccco2)CC1. The van der Waals surface area contributed by atoms with Crippen molar-refractivity contribution in [2.24, 2.45) is 0 Å². The van der Waals surface area contributed by atoms with Crippen molar-refractivity contribution in [2.45, 2.75) is 0 Å². The largest absolute Gasteiger partial charge is 0.507 e. The number of nitrogens with zero attached hydrogens (tertiary/aromatic N) is 2. The van der Waals surface area contributed by atoms with Crippen LogP contribution in [-0.4, -0.2) is 58.8 Å². The van der Waals surface area contributed by atoms with Crippen LogP contribution in [0, 0.1) is 0 Å². The average molecular weight is 393 g/mol. The molecule has 0 unspecified atom stereocenters. The van der Waals surface area contributed by atoms with Gasteiger partial charge >= 0.3 is 11.8 Å². The molecule has 0 radical (unpaired) electrons. The number of anilines is 1. The third kappa shape index (κ3) is 3.64. The van der Waals surface area contributed by atoms with E-state index >= 15 is 0 Å². The van der Waals surface area contributed by atoms with Gasteiger partial charge in [-0.05, 0) is 24.3 Å². The van der Waals surface area contributed by atoms with Crippen LogP contribution in [0.2, 0.25) is 0 Å². The Labute approximate surface area is 166 Å². The van der Waals surface area contributed by atoms with Gasteiger partial charge in [-0.15, -0.1) is 0 Å². The highest BCUT2D eigenvalue weighted by atomic mass is 16.3. The molecule has 0 spiro atoms. The Hall–Kier alpha value is -3.81. The molecule has 4 rings (SSSR count). The van der Waals surface area contributed by atoms with Gasteiger partial charge in [0.2, 0.25) is 0 Å². The first kappa shape index (κ1) is 18.5. The van der Waals surface area contributed by atoms with Crippen LogP contribution in [0.4, 0.5) is 5.69 Å². The van der Waals surface area contributed by atoms with Gasteiger partial charge in [0, 0.05) is 42.6 Å². The fourth-order valence-electron chi connectivity index (χ4n) is 3.39. The minimum Gasteiger partial charge on any atom is -0.507 e. The van der Waals surface area contributed by atoms with Gasteiger partial charge in [0.25, 0.3) is 5.91 Å². The molecule has 29 heavy (non-hydrogen) atoms. The summed E-state index contributed by atoms with van der Waals surface area (Å²) in [6.07, 6.45) is 1.43. The average Bonchev–Trinajstić information content (AvgIpc) is 3.28. The van der Waals surface area contributed by atoms with Gasteiger partial charge in [0.1, 0.15) is 5.75 Å². The van der Waals surface area contributed by atoms with Crippen LogP contribution in [0.1, 0.15) is 10.6 Å². The Morgan fingerprint density at radius 1 is 0.862 bits per heavy atom. The van der Waals surface area contributed by atoms with Crippen LogP contribution < -0.4 is 5.32 Å². The Morgan fingerprint density at radius 3 is 2.28 bits per heavy atom. The van der Waals surface area contributed by atoms with Crippen molar-refractivity contribution in [3.8, 4) is 5.75 Å². The maximum absolute atomic E-state index is 12.6. The molecule has 0 bridgehead atoms. The standard InChI is InChI=1S/C21H19N3O5/c25-17-7-2-4-14-15(17)5-1-6-16(14)22-19(26)21(28)24-11-9-23(10-12-24)20(27)18-8-3-13-29-18/h1-8,13,25H,9-12H2,(H,22,26). The van der Waals surface area contributed by atoms with Gasteiger partial charge in [-0.2, -0.15) is 0 Å². The van der Waals surface area contributed by atoms with E-state index in [9.17, 15) is 19.5 Å². The lowest BCUT2D eigenvalue weighted by atomic mass is 10.1. The summed E-state index contributed by atoms with van der Waals surface area (Å²) in [5.74, 6) is -1.30. The summed E-state index contributed by atoms with van der Waals surface area (Å²) in [7, 11) is 0. The van der Waals surface area contributed by atoms with Crippen LogP contribution in [0.25, 0.3) is 10.8 Å². The maximum Gasteiger partial charge on any atom is 0.313 e. The molecule has 0 atom stereocenters. The molecule has 1 aromatic heterocycles. The number of carbonyl (C=O) groups excluding carboxylic acids is 3. The molecule has 1 aliphatic heterocycles. The first-order valence-electron chi connectivity index (χ1n) is 9.18. The van der Waals surface area contributed by atoms with Crippen LogP contribution in [0.5, 0.6) is 5.75 Å². The molecule has 1 saturated heterocycles. The second-order valence-corrected chi connectivity index (χ2v) is 6.69. The fourth-order valence-corrected chi connectivity index (χ4v) is 3.39. The number of benzene rings is 2. The predicted molar refractivity (Wildman–Crippen MR) is 105 cm³/mol. The monoisotopic (exact) mass is 393 g/mol. The number of hydrogen-bond acceptors (Lipinski definition) is 5. The van der Waals surface area contributed by atoms with Gasteiger partial charge < -0.3 is 24.6 Å². The minimum atomic E-state index is -0.758. The minimum absolute atomic E-state index is 0.0993. The number of hydrogen-bond donors (Lipinski definition) is 2. The second kappa shape index (κ2) is 7.67. The summed E-state index contributed by atoms with van der Waals surface area (Å²) in [4.78, 5) is 40.3. The van der Waals surface area contributed by atoms with Crippen LogP contribution in [0.15, 0.2) is 59.2 Å². The van der Waals surface area contributed by atoms with E-state index < -0.39 is 11.8 Å². The Bertz CT molecular complexity index is 1070. The summed E-state index contributed by atoms with van der Waals surface area (Å²) in [5.41, 5.74) is 0.448. The van der Waals surface area contributed by atoms with E-state index in [2.05, 4.69) is 5.32 Å². The molecule has 148 valence electrons. The summed E-state index contributed by atoms with van der Waals surface area (Å²) >= 11 is 0. The molecule has 0 aliphatic carbocycles. The molecule has 8 heteroatoms. The third-order valence-corrected chi connectivity index (χ3v) is 4.93. The van der Waals surface area contributed by atoms with E-state index in [0.717, 1.165) is 0 Å². The lowest BCUT2D eigenvalue weighted by Gasteiger charge is -2.33. The molecule has 2 N–H and O–H groups in total. The van der Waals surface area contributed by atoms with Crippen molar-refractivity contribution in [1.29, 1.82) is 0 Å². The molecule has 0 saturated carbocycles. The van der Waals surface area contributed by atoms with E-state index in [1.165, 1.54) is 11.2 Å². The number of piperazine rings is 1. The van der Waals surface area contributed by atoms with E-state index in [1.807, 2.05) is 0 Å². The van der Waals surface area contributed by atoms with Crippen molar-refractivity contribution in [2.75, 3.05) is 31.5 Å². The number of furan rings is 1. The van der Waals surface area contributed by atoms with E-state index in [0.29, 0.717) is 29.5 Å². The van der Waals surface area contributed by atoms with Crippen LogP contribution in [-0.2, 0) is 9.59 Å². The van der Waals surface area contributed by atoms with Crippen molar-refractivity contribution in [3.05, 3.63) is 60.6 Å². The first-order chi connectivity index (χ1) is 14.0. The topological polar surface area (TPSA) is 103 Å². The van der Waals surface area contributed by atoms with E-state index in [1.54, 1.807) is 53.4 Å². The van der Waals surface area contributed by atoms with E-state index in [-0.39, 0.29) is 30.5 Å². The molecule has 8 nitrogen and oxygen atoms in total. The summed E-state index contributed by atoms with van der Waals surface area (Å²) in [5, 5.41) is 13.8. The number of fused-ring (bicyclic) bond motifs is 1. The summed E-state index contributed by atoms with van der Waals surface area (Å²) in [6, 6.07) is 13.3. The van der Waals surface area contributed by atoms with Gasteiger partial charge in [-0.1, -0.05) is 24.3 Å². The lowest BCUT2D eigenvalue weighted by Crippen LogP contribution is -2.52. The number of aromatic hydroxyl groups is 1. The van der Waals surface area contributed by atoms with Crippen molar-refractivity contribution >= 4 is 34.2 Å². The molecule has 2 aromatic carbocycles. The number of rotatable bonds is 2. The van der Waals surface area contributed by atoms with Gasteiger partial charge in [-0.25, -0.2) is 0 Å². The number of nitrogens with one attached hydrogen (secondary N) is 1. The maximum atomic E-state index is 12.6. The normalized spacial score (nSPS) is 14.1. The zero-order chi connectivity index (χ0) is 20.4. The predicted octanol–water partition coefficient (Wildman–Crippen LogP) is 2.06. The number of phenolic OH excluding ortho intramolecular Hbond substituents is 1. The first-order valence-corrected chi connectivity index (χ1v) is 9.18. The van der Waals surface area contributed by atoms with Crippen molar-refractivity contribution < 1.29 is 23.9 Å².